The highest BCUT2D eigenvalue weighted by molar-refractivity contribution is 6.02. The molecule has 1 atom stereocenters. The number of carbonyl (C=O) groups excluding carboxylic acids is 1. The number of nitrogens with zero attached hydrogens (tertiary/aromatic N) is 2. The maximum absolute atomic E-state index is 13.6. The van der Waals surface area contributed by atoms with E-state index in [0.717, 1.165) is 19.3 Å². The van der Waals surface area contributed by atoms with Gasteiger partial charge in [-0.2, -0.15) is 0 Å². The fraction of sp³-hybridized carbons (Fsp3) is 0.357. The number of benzene rings is 2. The van der Waals surface area contributed by atoms with Crippen molar-refractivity contribution in [2.75, 3.05) is 27.3 Å². The lowest BCUT2D eigenvalue weighted by molar-refractivity contribution is 0.0783. The number of aromatic nitrogens is 1. The van der Waals surface area contributed by atoms with Gasteiger partial charge in [0, 0.05) is 19.0 Å². The van der Waals surface area contributed by atoms with E-state index in [1.54, 1.807) is 23.1 Å². The Bertz CT molecular complexity index is 1170. The van der Waals surface area contributed by atoms with E-state index >= 15 is 0 Å². The lowest BCUT2D eigenvalue weighted by atomic mass is 9.95. The normalized spacial score (nSPS) is 15.3. The van der Waals surface area contributed by atoms with Gasteiger partial charge in [-0.15, -0.1) is 0 Å². The lowest BCUT2D eigenvalue weighted by Gasteiger charge is -2.22. The first-order valence-corrected chi connectivity index (χ1v) is 12.0. The van der Waals surface area contributed by atoms with Gasteiger partial charge in [-0.3, -0.25) is 4.79 Å². The summed E-state index contributed by atoms with van der Waals surface area (Å²) in [6.45, 7) is 3.09. The average Bonchev–Trinajstić information content (AvgIpc) is 3.38. The summed E-state index contributed by atoms with van der Waals surface area (Å²) >= 11 is 0. The second-order valence-corrected chi connectivity index (χ2v) is 8.77. The monoisotopic (exact) mass is 476 g/mol. The molecule has 0 radical (unpaired) electrons. The predicted octanol–water partition coefficient (Wildman–Crippen LogP) is 5.15. The van der Waals surface area contributed by atoms with Crippen LogP contribution in [0.2, 0.25) is 0 Å². The Balaban J connectivity index is 1.79. The smallest absolute Gasteiger partial charge is 0.263 e. The van der Waals surface area contributed by atoms with E-state index in [-0.39, 0.29) is 17.2 Å². The van der Waals surface area contributed by atoms with Gasteiger partial charge in [0.25, 0.3) is 5.91 Å². The van der Waals surface area contributed by atoms with Gasteiger partial charge >= 0.3 is 0 Å². The van der Waals surface area contributed by atoms with Gasteiger partial charge in [-0.1, -0.05) is 49.7 Å². The molecule has 0 spiro atoms. The fourth-order valence-electron chi connectivity index (χ4n) is 4.79. The van der Waals surface area contributed by atoms with Crippen LogP contribution in [0.4, 0.5) is 0 Å². The minimum absolute atomic E-state index is 0.193. The molecule has 2 N–H and O–H groups in total. The fourth-order valence-corrected chi connectivity index (χ4v) is 4.79. The number of ether oxygens (including phenoxy) is 2. The standard InChI is InChI=1S/C28H32N2O5/c1-4-5-12-20-23(24-21(34-2)13-9-14-22(24)35-3)26(31)25(27(32)29-20)28(33)30-16-15-19(17-30)18-10-7-6-8-11-18/h6-11,13-14,19H,4-5,12,15-17H2,1-3H3,(H2,29,31,32)/t19-/m0/s1. The molecule has 0 saturated carbocycles. The van der Waals surface area contributed by atoms with E-state index in [2.05, 4.69) is 24.0 Å². The number of likely N-dealkylation sites (tertiary alicyclic amines) is 1. The summed E-state index contributed by atoms with van der Waals surface area (Å²) in [6.07, 6.45) is 3.03. The van der Waals surface area contributed by atoms with Crippen LogP contribution in [0.15, 0.2) is 48.5 Å². The molecule has 2 aromatic carbocycles. The summed E-state index contributed by atoms with van der Waals surface area (Å²) in [7, 11) is 3.07. The highest BCUT2D eigenvalue weighted by Crippen LogP contribution is 2.47. The van der Waals surface area contributed by atoms with Crippen LogP contribution < -0.4 is 9.47 Å². The molecular weight excluding hydrogens is 444 g/mol. The Morgan fingerprint density at radius 3 is 2.34 bits per heavy atom. The van der Waals surface area contributed by atoms with Gasteiger partial charge in [0.2, 0.25) is 5.88 Å². The molecule has 0 bridgehead atoms. The molecule has 7 nitrogen and oxygen atoms in total. The van der Waals surface area contributed by atoms with Crippen molar-refractivity contribution >= 4 is 5.91 Å². The van der Waals surface area contributed by atoms with Crippen molar-refractivity contribution in [3.05, 3.63) is 65.4 Å². The Morgan fingerprint density at radius 1 is 1.03 bits per heavy atom. The lowest BCUT2D eigenvalue weighted by Crippen LogP contribution is -2.29. The minimum Gasteiger partial charge on any atom is -0.506 e. The van der Waals surface area contributed by atoms with Gasteiger partial charge < -0.3 is 24.6 Å². The van der Waals surface area contributed by atoms with Crippen molar-refractivity contribution in [1.82, 2.24) is 9.88 Å². The maximum Gasteiger partial charge on any atom is 0.263 e. The number of hydrogen-bond donors (Lipinski definition) is 2. The molecule has 4 rings (SSSR count). The van der Waals surface area contributed by atoms with Crippen molar-refractivity contribution < 1.29 is 24.5 Å². The third-order valence-corrected chi connectivity index (χ3v) is 6.63. The molecule has 184 valence electrons. The van der Waals surface area contributed by atoms with Gasteiger partial charge in [-0.25, -0.2) is 4.98 Å². The maximum atomic E-state index is 13.6. The molecule has 1 aromatic heterocycles. The highest BCUT2D eigenvalue weighted by atomic mass is 16.5. The van der Waals surface area contributed by atoms with Crippen LogP contribution >= 0.6 is 0 Å². The predicted molar refractivity (Wildman–Crippen MR) is 134 cm³/mol. The first-order valence-electron chi connectivity index (χ1n) is 12.0. The Labute approximate surface area is 206 Å². The minimum atomic E-state index is -0.459. The topological polar surface area (TPSA) is 92.1 Å². The van der Waals surface area contributed by atoms with Crippen LogP contribution in [0.1, 0.15) is 53.7 Å². The van der Waals surface area contributed by atoms with Gasteiger partial charge in [-0.05, 0) is 37.0 Å². The van der Waals surface area contributed by atoms with Crippen molar-refractivity contribution in [3.8, 4) is 34.3 Å². The van der Waals surface area contributed by atoms with Crippen LogP contribution in [0.5, 0.6) is 23.1 Å². The van der Waals surface area contributed by atoms with Gasteiger partial charge in [0.05, 0.1) is 31.0 Å². The highest BCUT2D eigenvalue weighted by Gasteiger charge is 2.34. The van der Waals surface area contributed by atoms with Crippen LogP contribution in [0.25, 0.3) is 11.1 Å². The number of unbranched alkanes of at least 4 members (excludes halogenated alkanes) is 1. The number of amides is 1. The van der Waals surface area contributed by atoms with E-state index < -0.39 is 11.8 Å². The van der Waals surface area contributed by atoms with Crippen LogP contribution in [-0.2, 0) is 6.42 Å². The zero-order chi connectivity index (χ0) is 24.9. The quantitative estimate of drug-likeness (QED) is 0.467. The zero-order valence-corrected chi connectivity index (χ0v) is 20.5. The molecule has 0 unspecified atom stereocenters. The molecule has 2 heterocycles. The van der Waals surface area contributed by atoms with E-state index in [0.29, 0.717) is 47.8 Å². The second-order valence-electron chi connectivity index (χ2n) is 8.77. The van der Waals surface area contributed by atoms with Gasteiger partial charge in [0.15, 0.2) is 0 Å². The van der Waals surface area contributed by atoms with Crippen molar-refractivity contribution in [2.24, 2.45) is 0 Å². The number of aryl methyl sites for hydroxylation is 1. The summed E-state index contributed by atoms with van der Waals surface area (Å²) in [4.78, 5) is 19.7. The van der Waals surface area contributed by atoms with E-state index in [1.165, 1.54) is 19.8 Å². The van der Waals surface area contributed by atoms with Crippen LogP contribution in [-0.4, -0.2) is 53.3 Å². The summed E-state index contributed by atoms with van der Waals surface area (Å²) in [6, 6.07) is 15.4. The first kappa shape index (κ1) is 24.4. The molecule has 7 heteroatoms. The van der Waals surface area contributed by atoms with Crippen molar-refractivity contribution in [2.45, 2.75) is 38.5 Å². The van der Waals surface area contributed by atoms with Gasteiger partial charge in [0.1, 0.15) is 22.8 Å². The van der Waals surface area contributed by atoms with E-state index in [1.807, 2.05) is 18.2 Å². The molecule has 1 aliphatic heterocycles. The molecule has 0 aliphatic carbocycles. The average molecular weight is 477 g/mol. The summed E-state index contributed by atoms with van der Waals surface area (Å²) in [5, 5.41) is 22.3. The summed E-state index contributed by atoms with van der Waals surface area (Å²) in [5.41, 5.74) is 2.33. The van der Waals surface area contributed by atoms with E-state index in [9.17, 15) is 15.0 Å². The molecule has 3 aromatic rings. The third-order valence-electron chi connectivity index (χ3n) is 6.63. The van der Waals surface area contributed by atoms with Crippen molar-refractivity contribution in [3.63, 3.8) is 0 Å². The van der Waals surface area contributed by atoms with Crippen molar-refractivity contribution in [1.29, 1.82) is 0 Å². The Kier molecular flexibility index (Phi) is 7.44. The first-order chi connectivity index (χ1) is 17.0. The number of rotatable bonds is 8. The van der Waals surface area contributed by atoms with Crippen LogP contribution in [0.3, 0.4) is 0 Å². The Hall–Kier alpha value is -3.74. The SMILES string of the molecule is CCCCc1nc(O)c(C(=O)N2CC[C@H](c3ccccc3)C2)c(O)c1-c1c(OC)cccc1OC. The second kappa shape index (κ2) is 10.7. The third kappa shape index (κ3) is 4.76. The zero-order valence-electron chi connectivity index (χ0n) is 20.5. The number of hydrogen-bond acceptors (Lipinski definition) is 6. The Morgan fingerprint density at radius 2 is 1.71 bits per heavy atom. The number of carbonyl (C=O) groups is 1. The molecular formula is C28H32N2O5. The largest absolute Gasteiger partial charge is 0.506 e. The molecule has 35 heavy (non-hydrogen) atoms. The van der Waals surface area contributed by atoms with Crippen LogP contribution in [0, 0.1) is 0 Å². The number of methoxy groups -OCH3 is 2. The molecule has 1 aliphatic rings. The number of pyridine rings is 1. The molecule has 1 fully saturated rings. The van der Waals surface area contributed by atoms with E-state index in [4.69, 9.17) is 9.47 Å². The summed E-state index contributed by atoms with van der Waals surface area (Å²) in [5.74, 6) is -0.0424. The number of aromatic hydroxyl groups is 2. The molecule has 1 saturated heterocycles. The summed E-state index contributed by atoms with van der Waals surface area (Å²) < 4.78 is 11.1. The molecule has 1 amide bonds.